The number of aliphatic hydroxyl groups is 3. The number of hydrogen-bond donors (Lipinski definition) is 4. The molecular weight excluding hydrogens is 459 g/mol. The minimum absolute atomic E-state index is 0.252. The minimum atomic E-state index is -4.82. The highest BCUT2D eigenvalue weighted by Gasteiger charge is 2.63. The van der Waals surface area contributed by atoms with Crippen molar-refractivity contribution in [2.75, 3.05) is 14.1 Å². The van der Waals surface area contributed by atoms with Gasteiger partial charge in [-0.2, -0.15) is 13.2 Å². The Morgan fingerprint density at radius 1 is 1.15 bits per heavy atom. The number of halogens is 3. The number of benzene rings is 1. The molecule has 3 aliphatic rings. The van der Waals surface area contributed by atoms with Crippen molar-refractivity contribution >= 4 is 17.3 Å². The highest BCUT2D eigenvalue weighted by atomic mass is 19.4. The van der Waals surface area contributed by atoms with Gasteiger partial charge in [-0.05, 0) is 57.5 Å². The molecule has 8 nitrogen and oxygen atoms in total. The van der Waals surface area contributed by atoms with Crippen LogP contribution in [-0.4, -0.2) is 68.4 Å². The van der Waals surface area contributed by atoms with Gasteiger partial charge in [0.25, 0.3) is 0 Å². The maximum atomic E-state index is 13.6. The number of aliphatic hydroxyl groups excluding tert-OH is 2. The molecule has 1 aromatic rings. The van der Waals surface area contributed by atoms with Gasteiger partial charge in [-0.3, -0.25) is 19.3 Å². The van der Waals surface area contributed by atoms with E-state index in [0.717, 1.165) is 13.0 Å². The highest BCUT2D eigenvalue weighted by Crippen LogP contribution is 2.53. The van der Waals surface area contributed by atoms with Gasteiger partial charge < -0.3 is 20.4 Å². The van der Waals surface area contributed by atoms with E-state index < -0.39 is 98.5 Å². The van der Waals surface area contributed by atoms with Gasteiger partial charge in [-0.15, -0.1) is 0 Å². The first-order valence-electron chi connectivity index (χ1n) is 10.4. The number of alkyl halides is 3. The zero-order valence-corrected chi connectivity index (χ0v) is 18.4. The third kappa shape index (κ3) is 3.03. The van der Waals surface area contributed by atoms with E-state index in [2.05, 4.69) is 0 Å². The van der Waals surface area contributed by atoms with Crippen LogP contribution in [0, 0.1) is 11.8 Å². The average Bonchev–Trinajstić information content (AvgIpc) is 2.69. The zero-order chi connectivity index (χ0) is 25.5. The van der Waals surface area contributed by atoms with Crippen LogP contribution >= 0.6 is 0 Å². The maximum Gasteiger partial charge on any atom is 0.416 e. The molecule has 11 heteroatoms. The van der Waals surface area contributed by atoms with Crippen LogP contribution < -0.4 is 0 Å². The Morgan fingerprint density at radius 3 is 2.29 bits per heavy atom. The number of carbonyl (C=O) groups excluding carboxylic acids is 3. The normalized spacial score (nSPS) is 29.2. The van der Waals surface area contributed by atoms with Crippen LogP contribution in [0.1, 0.15) is 34.8 Å². The number of phenols is 1. The average molecular weight is 481 g/mol. The molecule has 0 fully saturated rings. The summed E-state index contributed by atoms with van der Waals surface area (Å²) in [6.45, 7) is 0.994. The lowest BCUT2D eigenvalue weighted by atomic mass is 9.58. The summed E-state index contributed by atoms with van der Waals surface area (Å²) in [4.78, 5) is 40.0. The molecule has 0 saturated heterocycles. The second-order valence-electron chi connectivity index (χ2n) is 9.14. The first kappa shape index (κ1) is 24.0. The molecule has 0 amide bonds. The number of phenolic OH excluding ortho intramolecular Hbond substituents is 1. The Hall–Kier alpha value is -3.18. The first-order chi connectivity index (χ1) is 15.6. The van der Waals surface area contributed by atoms with Crippen LogP contribution in [0.3, 0.4) is 0 Å². The predicted octanol–water partition coefficient (Wildman–Crippen LogP) is 2.24. The van der Waals surface area contributed by atoms with Crippen LogP contribution in [0.25, 0.3) is 0 Å². The van der Waals surface area contributed by atoms with Gasteiger partial charge in [0.15, 0.2) is 17.2 Å². The fourth-order valence-electron chi connectivity index (χ4n) is 5.62. The van der Waals surface area contributed by atoms with Crippen molar-refractivity contribution in [2.45, 2.75) is 37.6 Å². The number of aromatic hydroxyl groups is 1. The molecule has 4 rings (SSSR count). The lowest BCUT2D eigenvalue weighted by molar-refractivity contribution is -0.148. The third-order valence-electron chi connectivity index (χ3n) is 7.02. The molecule has 182 valence electrons. The molecule has 4 N–H and O–H groups in total. The predicted molar refractivity (Wildman–Crippen MR) is 110 cm³/mol. The molecule has 34 heavy (non-hydrogen) atoms. The summed E-state index contributed by atoms with van der Waals surface area (Å²) in [6, 6.07) is 0.240. The molecule has 0 spiro atoms. The van der Waals surface area contributed by atoms with Crippen molar-refractivity contribution in [2.24, 2.45) is 11.8 Å². The van der Waals surface area contributed by atoms with Gasteiger partial charge in [0, 0.05) is 11.5 Å². The molecule has 0 aliphatic heterocycles. The molecular formula is C23H22F3NO7. The van der Waals surface area contributed by atoms with E-state index in [0.29, 0.717) is 6.07 Å². The van der Waals surface area contributed by atoms with Gasteiger partial charge in [0.05, 0.1) is 17.2 Å². The lowest BCUT2D eigenvalue weighted by Crippen LogP contribution is -2.63. The molecule has 3 aliphatic carbocycles. The molecule has 0 heterocycles. The van der Waals surface area contributed by atoms with Crippen molar-refractivity contribution in [3.05, 3.63) is 51.5 Å². The second-order valence-corrected chi connectivity index (χ2v) is 9.14. The number of fused-ring (bicyclic) bond motifs is 3. The summed E-state index contributed by atoms with van der Waals surface area (Å²) in [6.07, 6.45) is -5.48. The minimum Gasteiger partial charge on any atom is -0.510 e. The van der Waals surface area contributed by atoms with Crippen LogP contribution in [-0.2, 0) is 22.2 Å². The van der Waals surface area contributed by atoms with Crippen molar-refractivity contribution in [1.29, 1.82) is 0 Å². The van der Waals surface area contributed by atoms with Gasteiger partial charge >= 0.3 is 6.18 Å². The topological polar surface area (TPSA) is 135 Å². The summed E-state index contributed by atoms with van der Waals surface area (Å²) in [5.74, 6) is -8.05. The SMILES string of the molecule is CC(=O)C1=C(O)[C@@H](N(C)C)[C@@H]2C[C@@H]3Cc4c(C(F)(F)F)ccc(O)c4C(=O)C3=C(O)[C@]2(O)C1=O. The number of nitrogens with zero attached hydrogens (tertiary/aromatic N) is 1. The number of Topliss-reactive ketones (excluding diaryl/α,β-unsaturated/α-hetero) is 3. The molecule has 0 aromatic heterocycles. The van der Waals surface area contributed by atoms with E-state index in [4.69, 9.17) is 0 Å². The third-order valence-corrected chi connectivity index (χ3v) is 7.02. The fraction of sp³-hybridized carbons (Fsp3) is 0.435. The van der Waals surface area contributed by atoms with Crippen LogP contribution in [0.2, 0.25) is 0 Å². The monoisotopic (exact) mass is 481 g/mol. The maximum absolute atomic E-state index is 13.6. The van der Waals surface area contributed by atoms with Crippen molar-refractivity contribution < 1.29 is 48.0 Å². The Balaban J connectivity index is 1.98. The Morgan fingerprint density at radius 2 is 1.76 bits per heavy atom. The van der Waals surface area contributed by atoms with Crippen LogP contribution in [0.15, 0.2) is 34.8 Å². The number of likely N-dealkylation sites (N-methyl/N-ethyl adjacent to an activating group) is 1. The number of allylic oxidation sites excluding steroid dienone is 1. The van der Waals surface area contributed by atoms with E-state index in [-0.39, 0.29) is 6.42 Å². The summed E-state index contributed by atoms with van der Waals surface area (Å²) in [5, 5.41) is 43.5. The summed E-state index contributed by atoms with van der Waals surface area (Å²) in [5.41, 5.74) is -6.20. The molecule has 0 saturated carbocycles. The number of ketones is 3. The van der Waals surface area contributed by atoms with Crippen LogP contribution in [0.4, 0.5) is 13.2 Å². The molecule has 0 unspecified atom stereocenters. The van der Waals surface area contributed by atoms with Crippen molar-refractivity contribution in [3.63, 3.8) is 0 Å². The number of rotatable bonds is 2. The summed E-state index contributed by atoms with van der Waals surface area (Å²) in [7, 11) is 2.98. The molecule has 0 bridgehead atoms. The van der Waals surface area contributed by atoms with Gasteiger partial charge in [-0.25, -0.2) is 0 Å². The standard InChI is InChI=1S/C23H22F3NO7/c1-8(28)14-19(31)17(27(2)3)12-7-9-6-10-11(23(24,25)26)4-5-13(29)16(10)18(30)15(9)21(33)22(12,34)20(14)32/h4-5,9,12,17,29,31,33-34H,6-7H2,1-3H3/t9-,12-,17-,22+/m0/s1. The van der Waals surface area contributed by atoms with Gasteiger partial charge in [0.2, 0.25) is 5.78 Å². The largest absolute Gasteiger partial charge is 0.510 e. The Labute approximate surface area is 191 Å². The van der Waals surface area contributed by atoms with E-state index in [1.807, 2.05) is 0 Å². The zero-order valence-electron chi connectivity index (χ0n) is 18.4. The van der Waals surface area contributed by atoms with Crippen molar-refractivity contribution in [3.8, 4) is 5.75 Å². The molecule has 1 aromatic carbocycles. The van der Waals surface area contributed by atoms with Crippen LogP contribution in [0.5, 0.6) is 5.75 Å². The second kappa shape index (κ2) is 7.41. The van der Waals surface area contributed by atoms with Gasteiger partial charge in [0.1, 0.15) is 22.8 Å². The van der Waals surface area contributed by atoms with E-state index in [1.165, 1.54) is 19.0 Å². The molecule has 0 radical (unpaired) electrons. The Bertz CT molecular complexity index is 1210. The van der Waals surface area contributed by atoms with E-state index in [1.54, 1.807) is 0 Å². The smallest absolute Gasteiger partial charge is 0.416 e. The summed E-state index contributed by atoms with van der Waals surface area (Å²) >= 11 is 0. The number of hydrogen-bond acceptors (Lipinski definition) is 8. The van der Waals surface area contributed by atoms with E-state index >= 15 is 0 Å². The fourth-order valence-corrected chi connectivity index (χ4v) is 5.62. The van der Waals surface area contributed by atoms with Gasteiger partial charge in [-0.1, -0.05) is 0 Å². The first-order valence-corrected chi connectivity index (χ1v) is 10.4. The van der Waals surface area contributed by atoms with E-state index in [9.17, 15) is 48.0 Å². The van der Waals surface area contributed by atoms with Crippen molar-refractivity contribution in [1.82, 2.24) is 4.90 Å². The molecule has 4 atom stereocenters. The summed E-state index contributed by atoms with van der Waals surface area (Å²) < 4.78 is 40.9. The quantitative estimate of drug-likeness (QED) is 0.473. The Kier molecular flexibility index (Phi) is 5.22. The number of carbonyl (C=O) groups is 3. The highest BCUT2D eigenvalue weighted by molar-refractivity contribution is 6.25. The lowest BCUT2D eigenvalue weighted by Gasteiger charge is -2.50.